The van der Waals surface area contributed by atoms with Crippen LogP contribution in [0, 0.1) is 0 Å². The minimum atomic E-state index is -0.985. The SMILES string of the molecule is CCOc1ccc(N(C(=O)CNC(=O)c2ccco2)[C@@H](C(=O)NC(C)(C)C)c2ccc(C(C)C)cc2)cc1. The predicted octanol–water partition coefficient (Wildman–Crippen LogP) is 5.22. The summed E-state index contributed by atoms with van der Waals surface area (Å²) in [6.45, 7) is 11.9. The number of amides is 3. The average Bonchev–Trinajstić information content (AvgIpc) is 3.41. The first-order chi connectivity index (χ1) is 18.0. The van der Waals surface area contributed by atoms with Crippen molar-refractivity contribution in [2.75, 3.05) is 18.1 Å². The molecule has 0 unspecified atom stereocenters. The summed E-state index contributed by atoms with van der Waals surface area (Å²) in [5.41, 5.74) is 1.73. The Morgan fingerprint density at radius 2 is 1.58 bits per heavy atom. The molecule has 0 spiro atoms. The Labute approximate surface area is 224 Å². The van der Waals surface area contributed by atoms with Crippen molar-refractivity contribution in [3.8, 4) is 5.75 Å². The topological polar surface area (TPSA) is 101 Å². The highest BCUT2D eigenvalue weighted by Crippen LogP contribution is 2.31. The van der Waals surface area contributed by atoms with Crippen molar-refractivity contribution in [1.29, 1.82) is 0 Å². The van der Waals surface area contributed by atoms with E-state index in [2.05, 4.69) is 24.5 Å². The number of benzene rings is 2. The molecule has 0 aliphatic heterocycles. The van der Waals surface area contributed by atoms with Gasteiger partial charge in [0.1, 0.15) is 11.8 Å². The highest BCUT2D eigenvalue weighted by Gasteiger charge is 2.34. The van der Waals surface area contributed by atoms with Gasteiger partial charge in [0.15, 0.2) is 5.76 Å². The molecule has 8 nitrogen and oxygen atoms in total. The molecular formula is C30H37N3O5. The van der Waals surface area contributed by atoms with Crippen LogP contribution in [0.4, 0.5) is 5.69 Å². The molecule has 2 N–H and O–H groups in total. The molecule has 1 atom stereocenters. The van der Waals surface area contributed by atoms with E-state index < -0.39 is 23.4 Å². The largest absolute Gasteiger partial charge is 0.494 e. The fourth-order valence-electron chi connectivity index (χ4n) is 3.96. The molecule has 0 saturated carbocycles. The summed E-state index contributed by atoms with van der Waals surface area (Å²) in [4.78, 5) is 41.4. The Morgan fingerprint density at radius 1 is 0.947 bits per heavy atom. The van der Waals surface area contributed by atoms with Crippen LogP contribution in [0.3, 0.4) is 0 Å². The van der Waals surface area contributed by atoms with Gasteiger partial charge in [0.05, 0.1) is 19.4 Å². The molecule has 1 heterocycles. The number of nitrogens with one attached hydrogen (secondary N) is 2. The van der Waals surface area contributed by atoms with E-state index >= 15 is 0 Å². The highest BCUT2D eigenvalue weighted by atomic mass is 16.5. The van der Waals surface area contributed by atoms with Gasteiger partial charge in [-0.2, -0.15) is 0 Å². The number of hydrogen-bond donors (Lipinski definition) is 2. The Kier molecular flexibility index (Phi) is 9.34. The number of nitrogens with zero attached hydrogens (tertiary/aromatic N) is 1. The lowest BCUT2D eigenvalue weighted by Crippen LogP contribution is -2.51. The van der Waals surface area contributed by atoms with E-state index in [4.69, 9.17) is 9.15 Å². The third kappa shape index (κ3) is 7.47. The lowest BCUT2D eigenvalue weighted by molar-refractivity contribution is -0.127. The van der Waals surface area contributed by atoms with Gasteiger partial charge in [0.2, 0.25) is 11.8 Å². The van der Waals surface area contributed by atoms with Crippen LogP contribution in [0.2, 0.25) is 0 Å². The van der Waals surface area contributed by atoms with E-state index in [1.54, 1.807) is 30.3 Å². The molecular weight excluding hydrogens is 482 g/mol. The molecule has 0 aliphatic carbocycles. The molecule has 0 bridgehead atoms. The molecule has 202 valence electrons. The molecule has 2 aromatic carbocycles. The quantitative estimate of drug-likeness (QED) is 0.382. The van der Waals surface area contributed by atoms with Gasteiger partial charge in [-0.15, -0.1) is 0 Å². The number of rotatable bonds is 10. The van der Waals surface area contributed by atoms with Crippen LogP contribution < -0.4 is 20.3 Å². The van der Waals surface area contributed by atoms with Crippen LogP contribution in [-0.2, 0) is 9.59 Å². The normalized spacial score (nSPS) is 12.1. The Morgan fingerprint density at radius 3 is 2.11 bits per heavy atom. The molecule has 3 rings (SSSR count). The fraction of sp³-hybridized carbons (Fsp3) is 0.367. The third-order valence-corrected chi connectivity index (χ3v) is 5.76. The van der Waals surface area contributed by atoms with Crippen molar-refractivity contribution in [1.82, 2.24) is 10.6 Å². The van der Waals surface area contributed by atoms with E-state index in [0.29, 0.717) is 29.5 Å². The van der Waals surface area contributed by atoms with Crippen molar-refractivity contribution < 1.29 is 23.5 Å². The van der Waals surface area contributed by atoms with E-state index in [1.807, 2.05) is 52.0 Å². The second kappa shape index (κ2) is 12.4. The van der Waals surface area contributed by atoms with Crippen molar-refractivity contribution in [3.63, 3.8) is 0 Å². The first kappa shape index (κ1) is 28.5. The summed E-state index contributed by atoms with van der Waals surface area (Å²) >= 11 is 0. The van der Waals surface area contributed by atoms with Crippen LogP contribution in [-0.4, -0.2) is 36.4 Å². The molecule has 8 heteroatoms. The highest BCUT2D eigenvalue weighted by molar-refractivity contribution is 6.04. The van der Waals surface area contributed by atoms with Gasteiger partial charge in [-0.1, -0.05) is 38.1 Å². The minimum Gasteiger partial charge on any atom is -0.494 e. The molecule has 38 heavy (non-hydrogen) atoms. The summed E-state index contributed by atoms with van der Waals surface area (Å²) in [6.07, 6.45) is 1.39. The van der Waals surface area contributed by atoms with Gasteiger partial charge in [-0.25, -0.2) is 0 Å². The van der Waals surface area contributed by atoms with Crippen LogP contribution in [0.5, 0.6) is 5.75 Å². The smallest absolute Gasteiger partial charge is 0.287 e. The summed E-state index contributed by atoms with van der Waals surface area (Å²) in [5, 5.41) is 5.62. The van der Waals surface area contributed by atoms with Gasteiger partial charge in [0, 0.05) is 11.2 Å². The summed E-state index contributed by atoms with van der Waals surface area (Å²) in [7, 11) is 0. The van der Waals surface area contributed by atoms with Crippen LogP contribution in [0.25, 0.3) is 0 Å². The zero-order valence-corrected chi connectivity index (χ0v) is 22.9. The summed E-state index contributed by atoms with van der Waals surface area (Å²) < 4.78 is 10.7. The van der Waals surface area contributed by atoms with Crippen LogP contribution >= 0.6 is 0 Å². The number of carbonyl (C=O) groups is 3. The molecule has 0 radical (unpaired) electrons. The molecule has 0 saturated heterocycles. The van der Waals surface area contributed by atoms with Crippen molar-refractivity contribution in [2.24, 2.45) is 0 Å². The average molecular weight is 520 g/mol. The Balaban J connectivity index is 2.04. The first-order valence-corrected chi connectivity index (χ1v) is 12.8. The maximum atomic E-state index is 13.8. The van der Waals surface area contributed by atoms with Crippen molar-refractivity contribution in [3.05, 3.63) is 83.8 Å². The zero-order valence-electron chi connectivity index (χ0n) is 22.9. The number of furan rings is 1. The maximum Gasteiger partial charge on any atom is 0.287 e. The lowest BCUT2D eigenvalue weighted by atomic mass is 9.96. The Bertz CT molecular complexity index is 1210. The molecule has 0 fully saturated rings. The molecule has 3 aromatic rings. The van der Waals surface area contributed by atoms with Gasteiger partial charge in [-0.05, 0) is 81.1 Å². The second-order valence-corrected chi connectivity index (χ2v) is 10.3. The number of anilines is 1. The van der Waals surface area contributed by atoms with Crippen molar-refractivity contribution in [2.45, 2.75) is 59.0 Å². The van der Waals surface area contributed by atoms with E-state index in [1.165, 1.54) is 17.2 Å². The zero-order chi connectivity index (χ0) is 27.9. The van der Waals surface area contributed by atoms with Crippen LogP contribution in [0.15, 0.2) is 71.3 Å². The molecule has 0 aliphatic rings. The van der Waals surface area contributed by atoms with E-state index in [9.17, 15) is 14.4 Å². The monoisotopic (exact) mass is 519 g/mol. The minimum absolute atomic E-state index is 0.0942. The lowest BCUT2D eigenvalue weighted by Gasteiger charge is -2.34. The van der Waals surface area contributed by atoms with Crippen molar-refractivity contribution >= 4 is 23.4 Å². The van der Waals surface area contributed by atoms with Crippen LogP contribution in [0.1, 0.15) is 75.2 Å². The molecule has 3 amide bonds. The molecule has 1 aromatic heterocycles. The van der Waals surface area contributed by atoms with Gasteiger partial charge >= 0.3 is 0 Å². The standard InChI is InChI=1S/C30H37N3O5/c1-7-37-24-16-14-23(15-17-24)33(26(34)19-31-28(35)25-9-8-18-38-25)27(29(36)32-30(4,5)6)22-12-10-21(11-13-22)20(2)3/h8-18,20,27H,7,19H2,1-6H3,(H,31,35)(H,32,36)/t27-/m1/s1. The number of ether oxygens (including phenoxy) is 1. The Hall–Kier alpha value is -4.07. The summed E-state index contributed by atoms with van der Waals surface area (Å²) in [6, 6.07) is 16.8. The number of carbonyl (C=O) groups excluding carboxylic acids is 3. The van der Waals surface area contributed by atoms with Gasteiger partial charge < -0.3 is 19.8 Å². The summed E-state index contributed by atoms with van der Waals surface area (Å²) in [5.74, 6) is -0.271. The number of hydrogen-bond acceptors (Lipinski definition) is 5. The van der Waals surface area contributed by atoms with Gasteiger partial charge in [-0.3, -0.25) is 19.3 Å². The third-order valence-electron chi connectivity index (χ3n) is 5.76. The van der Waals surface area contributed by atoms with E-state index in [-0.39, 0.29) is 18.2 Å². The van der Waals surface area contributed by atoms with E-state index in [0.717, 1.165) is 5.56 Å². The second-order valence-electron chi connectivity index (χ2n) is 10.3. The fourth-order valence-corrected chi connectivity index (χ4v) is 3.96. The maximum absolute atomic E-state index is 13.8. The predicted molar refractivity (Wildman–Crippen MR) is 147 cm³/mol. The van der Waals surface area contributed by atoms with Gasteiger partial charge in [0.25, 0.3) is 5.91 Å². The first-order valence-electron chi connectivity index (χ1n) is 12.8.